The number of methoxy groups -OCH3 is 1. The van der Waals surface area contributed by atoms with Crippen LogP contribution in [0.15, 0.2) is 82.1 Å². The molecule has 0 spiro atoms. The number of nitrogens with zero attached hydrogens (tertiary/aromatic N) is 6. The number of allylic oxidation sites excluding steroid dienone is 1. The highest BCUT2D eigenvalue weighted by atomic mass is 35.5. The summed E-state index contributed by atoms with van der Waals surface area (Å²) in [4.78, 5) is 29.0. The quantitative estimate of drug-likeness (QED) is 0.258. The lowest BCUT2D eigenvalue weighted by Crippen LogP contribution is -2.22. The zero-order chi connectivity index (χ0) is 25.9. The molecule has 0 saturated heterocycles. The minimum atomic E-state index is -0.296. The molecule has 0 amide bonds. The number of carbonyl (C=O) groups is 1. The van der Waals surface area contributed by atoms with Crippen LogP contribution in [0.1, 0.15) is 17.5 Å². The topological polar surface area (TPSA) is 104 Å². The molecular formula is C26H20Cl2N6O3. The molecule has 0 N–H and O–H groups in total. The highest BCUT2D eigenvalue weighted by Gasteiger charge is 2.19. The minimum absolute atomic E-state index is 0.195. The fourth-order valence-electron chi connectivity index (χ4n) is 4.11. The van der Waals surface area contributed by atoms with E-state index in [1.165, 1.54) is 18.1 Å². The molecule has 0 radical (unpaired) electrons. The van der Waals surface area contributed by atoms with Crippen LogP contribution in [0.5, 0.6) is 0 Å². The average molecular weight is 535 g/mol. The number of aromatic nitrogens is 5. The first-order valence-corrected chi connectivity index (χ1v) is 12.0. The summed E-state index contributed by atoms with van der Waals surface area (Å²) in [5, 5.41) is 12.2. The third kappa shape index (κ3) is 5.37. The number of hydrogen-bond donors (Lipinski definition) is 0. The number of halogens is 2. The van der Waals surface area contributed by atoms with Crippen molar-refractivity contribution in [2.45, 2.75) is 19.4 Å². The third-order valence-electron chi connectivity index (χ3n) is 5.98. The molecule has 37 heavy (non-hydrogen) atoms. The van der Waals surface area contributed by atoms with E-state index in [1.54, 1.807) is 35.0 Å². The Morgan fingerprint density at radius 2 is 1.86 bits per heavy atom. The molecule has 0 fully saturated rings. The van der Waals surface area contributed by atoms with E-state index in [0.717, 1.165) is 28.0 Å². The summed E-state index contributed by atoms with van der Waals surface area (Å²) in [5.41, 5.74) is 5.32. The number of hydrogen-bond acceptors (Lipinski definition) is 7. The predicted molar refractivity (Wildman–Crippen MR) is 141 cm³/mol. The molecule has 3 heterocycles. The average Bonchev–Trinajstić information content (AvgIpc) is 3.55. The van der Waals surface area contributed by atoms with Crippen LogP contribution in [-0.2, 0) is 22.5 Å². The predicted octanol–water partition coefficient (Wildman–Crippen LogP) is 4.31. The van der Waals surface area contributed by atoms with Gasteiger partial charge in [-0.25, -0.2) is 4.99 Å². The third-order valence-corrected chi connectivity index (χ3v) is 6.53. The van der Waals surface area contributed by atoms with Crippen LogP contribution >= 0.6 is 23.2 Å². The van der Waals surface area contributed by atoms with Gasteiger partial charge in [-0.2, -0.15) is 4.68 Å². The van der Waals surface area contributed by atoms with Gasteiger partial charge in [-0.1, -0.05) is 47.5 Å². The van der Waals surface area contributed by atoms with Gasteiger partial charge in [0.15, 0.2) is 0 Å². The molecule has 2 aromatic carbocycles. The van der Waals surface area contributed by atoms with Gasteiger partial charge in [0.25, 0.3) is 5.56 Å². The fraction of sp³-hybridized carbons (Fsp3) is 0.154. The maximum Gasteiger partial charge on any atom is 0.309 e. The Kier molecular flexibility index (Phi) is 6.98. The van der Waals surface area contributed by atoms with E-state index in [-0.39, 0.29) is 17.9 Å². The number of aliphatic imine (C=N–C) groups is 1. The molecule has 1 aliphatic rings. The summed E-state index contributed by atoms with van der Waals surface area (Å²) in [5.74, 6) is -0.296. The van der Waals surface area contributed by atoms with Crippen LogP contribution in [0, 0.1) is 0 Å². The molecular weight excluding hydrogens is 515 g/mol. The van der Waals surface area contributed by atoms with E-state index in [1.807, 2.05) is 30.3 Å². The second-order valence-corrected chi connectivity index (χ2v) is 9.17. The molecule has 0 saturated carbocycles. The number of esters is 1. The van der Waals surface area contributed by atoms with Gasteiger partial charge in [0.2, 0.25) is 0 Å². The van der Waals surface area contributed by atoms with Crippen molar-refractivity contribution in [1.29, 1.82) is 0 Å². The Morgan fingerprint density at radius 3 is 2.57 bits per heavy atom. The molecule has 11 heteroatoms. The maximum absolute atomic E-state index is 13.0. The summed E-state index contributed by atoms with van der Waals surface area (Å²) in [6.45, 7) is 0.300. The van der Waals surface area contributed by atoms with E-state index >= 15 is 0 Å². The summed E-state index contributed by atoms with van der Waals surface area (Å²) in [6.07, 6.45) is 3.92. The Morgan fingerprint density at radius 1 is 1.05 bits per heavy atom. The van der Waals surface area contributed by atoms with Crippen LogP contribution in [0.4, 0.5) is 0 Å². The summed E-state index contributed by atoms with van der Waals surface area (Å²) in [7, 11) is 1.36. The molecule has 1 aliphatic heterocycles. The number of carbonyl (C=O) groups excluding carboxylic acids is 1. The van der Waals surface area contributed by atoms with Crippen LogP contribution in [0.25, 0.3) is 22.4 Å². The molecule has 4 aromatic rings. The van der Waals surface area contributed by atoms with Crippen molar-refractivity contribution in [3.05, 3.63) is 98.8 Å². The number of benzene rings is 2. The van der Waals surface area contributed by atoms with Gasteiger partial charge < -0.3 is 9.30 Å². The molecule has 5 rings (SSSR count). The summed E-state index contributed by atoms with van der Waals surface area (Å²) in [6, 6.07) is 16.2. The Balaban J connectivity index is 1.32. The lowest BCUT2D eigenvalue weighted by molar-refractivity contribution is -0.139. The number of rotatable bonds is 7. The standard InChI is InChI=1S/C26H20Cl2N6O3/c1-37-25(36)10-16-2-4-17(5-3-16)22-13-20(30-26(22)28)14-33-9-8-18(11-24(33)35)21-12-19(27)6-7-23(21)34-15-29-31-32-34/h2-9,11-12,15H,10,13-14H2,1H3. The monoisotopic (exact) mass is 534 g/mol. The van der Waals surface area contributed by atoms with Crippen molar-refractivity contribution in [1.82, 2.24) is 24.8 Å². The SMILES string of the molecule is COC(=O)Cc1ccc(C2=C(Cl)N=C(Cn3ccc(-c4cc(Cl)ccc4-n4cnnn4)cc3=O)C2)cc1. The van der Waals surface area contributed by atoms with Crippen LogP contribution in [0.2, 0.25) is 5.02 Å². The van der Waals surface area contributed by atoms with E-state index in [4.69, 9.17) is 27.9 Å². The maximum atomic E-state index is 13.0. The first-order valence-electron chi connectivity index (χ1n) is 11.3. The minimum Gasteiger partial charge on any atom is -0.469 e. The van der Waals surface area contributed by atoms with E-state index in [0.29, 0.717) is 34.4 Å². The van der Waals surface area contributed by atoms with Crippen molar-refractivity contribution >= 4 is 40.5 Å². The number of ether oxygens (including phenoxy) is 1. The van der Waals surface area contributed by atoms with Crippen molar-refractivity contribution in [2.75, 3.05) is 7.11 Å². The first kappa shape index (κ1) is 24.6. The van der Waals surface area contributed by atoms with Gasteiger partial charge in [0.1, 0.15) is 11.5 Å². The van der Waals surface area contributed by atoms with Crippen molar-refractivity contribution in [2.24, 2.45) is 4.99 Å². The number of tetrazole rings is 1. The van der Waals surface area contributed by atoms with Crippen LogP contribution in [0.3, 0.4) is 0 Å². The molecule has 0 atom stereocenters. The Hall–Kier alpha value is -4.08. The van der Waals surface area contributed by atoms with E-state index in [2.05, 4.69) is 20.5 Å². The fourth-order valence-corrected chi connectivity index (χ4v) is 4.58. The Labute approximate surface area is 221 Å². The van der Waals surface area contributed by atoms with Gasteiger partial charge in [-0.05, 0) is 51.4 Å². The van der Waals surface area contributed by atoms with E-state index < -0.39 is 0 Å². The molecule has 0 aliphatic carbocycles. The van der Waals surface area contributed by atoms with Crippen molar-refractivity contribution < 1.29 is 9.53 Å². The first-order chi connectivity index (χ1) is 17.9. The van der Waals surface area contributed by atoms with Gasteiger partial charge in [-0.3, -0.25) is 9.59 Å². The molecule has 0 unspecified atom stereocenters. The second kappa shape index (κ2) is 10.5. The molecule has 2 aromatic heterocycles. The van der Waals surface area contributed by atoms with E-state index in [9.17, 15) is 9.59 Å². The van der Waals surface area contributed by atoms with Gasteiger partial charge in [0.05, 0.1) is 25.8 Å². The van der Waals surface area contributed by atoms with Gasteiger partial charge >= 0.3 is 5.97 Å². The summed E-state index contributed by atoms with van der Waals surface area (Å²) >= 11 is 12.7. The van der Waals surface area contributed by atoms with Crippen molar-refractivity contribution in [3.8, 4) is 16.8 Å². The second-order valence-electron chi connectivity index (χ2n) is 8.37. The summed E-state index contributed by atoms with van der Waals surface area (Å²) < 4.78 is 7.81. The largest absolute Gasteiger partial charge is 0.469 e. The van der Waals surface area contributed by atoms with Gasteiger partial charge in [-0.15, -0.1) is 5.10 Å². The molecule has 186 valence electrons. The normalized spacial score (nSPS) is 13.1. The lowest BCUT2D eigenvalue weighted by atomic mass is 10.0. The molecule has 9 nitrogen and oxygen atoms in total. The van der Waals surface area contributed by atoms with Crippen LogP contribution in [-0.4, -0.2) is 43.6 Å². The smallest absolute Gasteiger partial charge is 0.309 e. The lowest BCUT2D eigenvalue weighted by Gasteiger charge is -2.11. The highest BCUT2D eigenvalue weighted by molar-refractivity contribution is 6.35. The number of pyridine rings is 1. The molecule has 0 bridgehead atoms. The Bertz CT molecular complexity index is 1590. The van der Waals surface area contributed by atoms with Gasteiger partial charge in [0, 0.05) is 40.6 Å². The highest BCUT2D eigenvalue weighted by Crippen LogP contribution is 2.32. The zero-order valence-corrected chi connectivity index (χ0v) is 21.1. The van der Waals surface area contributed by atoms with Crippen LogP contribution < -0.4 is 5.56 Å². The zero-order valence-electron chi connectivity index (χ0n) is 19.6. The van der Waals surface area contributed by atoms with Crippen molar-refractivity contribution in [3.63, 3.8) is 0 Å².